The summed E-state index contributed by atoms with van der Waals surface area (Å²) in [5.41, 5.74) is 0.628. The third kappa shape index (κ3) is 2.88. The second-order valence-electron chi connectivity index (χ2n) is 4.48. The van der Waals surface area contributed by atoms with E-state index < -0.39 is 6.10 Å². The molecular weight excluding hydrogens is 232 g/mol. The van der Waals surface area contributed by atoms with Crippen LogP contribution in [-0.2, 0) is 9.53 Å². The summed E-state index contributed by atoms with van der Waals surface area (Å²) in [6, 6.07) is 6.79. The molecule has 1 aromatic carbocycles. The van der Waals surface area contributed by atoms with Crippen molar-refractivity contribution in [2.45, 2.75) is 25.9 Å². The highest BCUT2D eigenvalue weighted by Crippen LogP contribution is 2.35. The second-order valence-corrected chi connectivity index (χ2v) is 4.48. The van der Waals surface area contributed by atoms with Crippen molar-refractivity contribution in [3.05, 3.63) is 29.8 Å². The van der Waals surface area contributed by atoms with E-state index in [4.69, 9.17) is 9.47 Å². The van der Waals surface area contributed by atoms with Crippen molar-refractivity contribution in [2.24, 2.45) is 5.92 Å². The van der Waals surface area contributed by atoms with Gasteiger partial charge in [0.1, 0.15) is 5.75 Å². The fourth-order valence-electron chi connectivity index (χ4n) is 1.77. The van der Waals surface area contributed by atoms with Crippen molar-refractivity contribution in [3.8, 4) is 5.75 Å². The van der Waals surface area contributed by atoms with Crippen LogP contribution in [0.15, 0.2) is 24.3 Å². The quantitative estimate of drug-likeness (QED) is 0.592. The maximum absolute atomic E-state index is 11.6. The van der Waals surface area contributed by atoms with Gasteiger partial charge in [-0.1, -0.05) is 0 Å². The van der Waals surface area contributed by atoms with E-state index in [0.717, 1.165) is 12.8 Å². The predicted octanol–water partition coefficient (Wildman–Crippen LogP) is 2.22. The van der Waals surface area contributed by atoms with Crippen molar-refractivity contribution in [1.29, 1.82) is 0 Å². The van der Waals surface area contributed by atoms with E-state index in [0.29, 0.717) is 11.3 Å². The van der Waals surface area contributed by atoms with Crippen LogP contribution < -0.4 is 4.74 Å². The lowest BCUT2D eigenvalue weighted by Crippen LogP contribution is -2.30. The largest absolute Gasteiger partial charge is 0.478 e. The zero-order valence-electron chi connectivity index (χ0n) is 10.5. The van der Waals surface area contributed by atoms with E-state index in [-0.39, 0.29) is 17.7 Å². The molecule has 2 rings (SSSR count). The van der Waals surface area contributed by atoms with E-state index >= 15 is 0 Å². The number of Topliss-reactive ketones (excluding diaryl/α,β-unsaturated/α-hetero) is 1. The highest BCUT2D eigenvalue weighted by molar-refractivity contribution is 5.94. The zero-order valence-corrected chi connectivity index (χ0v) is 10.5. The first-order valence-corrected chi connectivity index (χ1v) is 5.97. The van der Waals surface area contributed by atoms with Gasteiger partial charge in [0.05, 0.1) is 7.11 Å². The Kier molecular flexibility index (Phi) is 3.65. The van der Waals surface area contributed by atoms with E-state index in [9.17, 15) is 9.59 Å². The van der Waals surface area contributed by atoms with Crippen LogP contribution in [0.25, 0.3) is 0 Å². The van der Waals surface area contributed by atoms with Gasteiger partial charge in [-0.25, -0.2) is 4.79 Å². The number of carbonyl (C=O) groups excluding carboxylic acids is 2. The Balaban J connectivity index is 2.06. The Morgan fingerprint density at radius 3 is 2.28 bits per heavy atom. The molecule has 4 nitrogen and oxygen atoms in total. The van der Waals surface area contributed by atoms with Crippen LogP contribution in [0.1, 0.15) is 30.1 Å². The average Bonchev–Trinajstić information content (AvgIpc) is 3.20. The molecule has 1 fully saturated rings. The fraction of sp³-hybridized carbons (Fsp3) is 0.429. The minimum Gasteiger partial charge on any atom is -0.478 e. The molecule has 0 saturated heterocycles. The first-order chi connectivity index (χ1) is 8.61. The number of hydrogen-bond acceptors (Lipinski definition) is 4. The molecule has 1 aliphatic rings. The molecule has 1 aliphatic carbocycles. The Morgan fingerprint density at radius 2 is 1.83 bits per heavy atom. The molecular formula is C14H16O4. The Labute approximate surface area is 106 Å². The monoisotopic (exact) mass is 248 g/mol. The van der Waals surface area contributed by atoms with Crippen LogP contribution in [0, 0.1) is 5.92 Å². The molecule has 18 heavy (non-hydrogen) atoms. The summed E-state index contributed by atoms with van der Waals surface area (Å²) in [4.78, 5) is 22.7. The van der Waals surface area contributed by atoms with Gasteiger partial charge in [-0.15, -0.1) is 0 Å². The van der Waals surface area contributed by atoms with Crippen molar-refractivity contribution in [1.82, 2.24) is 0 Å². The fourth-order valence-corrected chi connectivity index (χ4v) is 1.77. The Morgan fingerprint density at radius 1 is 1.22 bits per heavy atom. The van der Waals surface area contributed by atoms with E-state index in [2.05, 4.69) is 0 Å². The minimum atomic E-state index is -0.529. The summed E-state index contributed by atoms with van der Waals surface area (Å²) < 4.78 is 10.4. The van der Waals surface area contributed by atoms with Gasteiger partial charge in [0.15, 0.2) is 11.9 Å². The summed E-state index contributed by atoms with van der Waals surface area (Å²) in [7, 11) is 1.36. The van der Waals surface area contributed by atoms with Gasteiger partial charge in [-0.2, -0.15) is 0 Å². The summed E-state index contributed by atoms with van der Waals surface area (Å²) in [5, 5.41) is 0. The number of ether oxygens (including phenoxy) is 2. The first kappa shape index (κ1) is 12.6. The number of hydrogen-bond donors (Lipinski definition) is 0. The molecule has 1 aromatic rings. The maximum atomic E-state index is 11.6. The molecule has 0 radical (unpaired) electrons. The lowest BCUT2D eigenvalue weighted by atomic mass is 10.1. The van der Waals surface area contributed by atoms with Crippen molar-refractivity contribution >= 4 is 11.8 Å². The summed E-state index contributed by atoms with van der Waals surface area (Å²) in [5.74, 6) is 0.508. The Bertz CT molecular complexity index is 445. The van der Waals surface area contributed by atoms with Crippen molar-refractivity contribution in [3.63, 3.8) is 0 Å². The number of esters is 1. The van der Waals surface area contributed by atoms with E-state index in [1.165, 1.54) is 14.0 Å². The van der Waals surface area contributed by atoms with E-state index in [1.807, 2.05) is 0 Å². The lowest BCUT2D eigenvalue weighted by Gasteiger charge is -2.16. The van der Waals surface area contributed by atoms with Gasteiger partial charge in [0.2, 0.25) is 0 Å². The first-order valence-electron chi connectivity index (χ1n) is 5.97. The van der Waals surface area contributed by atoms with Crippen molar-refractivity contribution < 1.29 is 19.1 Å². The van der Waals surface area contributed by atoms with Gasteiger partial charge in [-0.3, -0.25) is 4.79 Å². The number of benzene rings is 1. The highest BCUT2D eigenvalue weighted by Gasteiger charge is 2.38. The zero-order chi connectivity index (χ0) is 13.1. The molecule has 0 N–H and O–H groups in total. The molecule has 0 spiro atoms. The average molecular weight is 248 g/mol. The topological polar surface area (TPSA) is 52.6 Å². The Hall–Kier alpha value is -1.84. The molecule has 1 atom stereocenters. The molecule has 96 valence electrons. The van der Waals surface area contributed by atoms with Gasteiger partial charge in [-0.05, 0) is 44.0 Å². The SMILES string of the molecule is COC(=O)C(Oc1ccc(C(C)=O)cc1)C1CC1. The van der Waals surface area contributed by atoms with Crippen LogP contribution >= 0.6 is 0 Å². The predicted molar refractivity (Wildman–Crippen MR) is 65.6 cm³/mol. The smallest absolute Gasteiger partial charge is 0.347 e. The molecule has 0 amide bonds. The van der Waals surface area contributed by atoms with Crippen LogP contribution in [0.3, 0.4) is 0 Å². The lowest BCUT2D eigenvalue weighted by molar-refractivity contribution is -0.149. The summed E-state index contributed by atoms with van der Waals surface area (Å²) in [6.07, 6.45) is 1.45. The van der Waals surface area contributed by atoms with Gasteiger partial charge >= 0.3 is 5.97 Å². The van der Waals surface area contributed by atoms with Crippen molar-refractivity contribution in [2.75, 3.05) is 7.11 Å². The molecule has 0 heterocycles. The van der Waals surface area contributed by atoms with Gasteiger partial charge in [0, 0.05) is 11.5 Å². The van der Waals surface area contributed by atoms with E-state index in [1.54, 1.807) is 24.3 Å². The van der Waals surface area contributed by atoms with Crippen LogP contribution in [0.2, 0.25) is 0 Å². The second kappa shape index (κ2) is 5.21. The third-order valence-electron chi connectivity index (χ3n) is 3.01. The third-order valence-corrected chi connectivity index (χ3v) is 3.01. The number of ketones is 1. The molecule has 0 bridgehead atoms. The maximum Gasteiger partial charge on any atom is 0.347 e. The molecule has 1 unspecified atom stereocenters. The number of carbonyl (C=O) groups is 2. The van der Waals surface area contributed by atoms with Crippen LogP contribution in [0.5, 0.6) is 5.75 Å². The summed E-state index contributed by atoms with van der Waals surface area (Å²) >= 11 is 0. The molecule has 1 saturated carbocycles. The number of rotatable bonds is 5. The number of methoxy groups -OCH3 is 1. The van der Waals surface area contributed by atoms with Crippen LogP contribution in [0.4, 0.5) is 0 Å². The van der Waals surface area contributed by atoms with Gasteiger partial charge < -0.3 is 9.47 Å². The minimum absolute atomic E-state index is 0.00765. The normalized spacial score (nSPS) is 15.9. The molecule has 4 heteroatoms. The van der Waals surface area contributed by atoms with Gasteiger partial charge in [0.25, 0.3) is 0 Å². The standard InChI is InChI=1S/C14H16O4/c1-9(15)10-5-7-12(8-6-10)18-13(11-3-4-11)14(16)17-2/h5-8,11,13H,3-4H2,1-2H3. The van der Waals surface area contributed by atoms with Crippen LogP contribution in [-0.4, -0.2) is 25.0 Å². The summed E-state index contributed by atoms with van der Waals surface area (Å²) in [6.45, 7) is 1.51. The highest BCUT2D eigenvalue weighted by atomic mass is 16.6. The molecule has 0 aromatic heterocycles. The molecule has 0 aliphatic heterocycles.